The number of carbonyl (C=O) groups is 1. The molecule has 0 aliphatic carbocycles. The van der Waals surface area contributed by atoms with Gasteiger partial charge in [0.05, 0.1) is 34.2 Å². The molecule has 0 fully saturated rings. The number of rotatable bonds is 7. The number of hydrogen-bond acceptors (Lipinski definition) is 6. The van der Waals surface area contributed by atoms with E-state index in [2.05, 4.69) is 15.3 Å². The van der Waals surface area contributed by atoms with Crippen molar-refractivity contribution in [2.75, 3.05) is 30.7 Å². The second-order valence-electron chi connectivity index (χ2n) is 7.26. The molecule has 0 spiro atoms. The van der Waals surface area contributed by atoms with E-state index in [1.54, 1.807) is 30.7 Å². The van der Waals surface area contributed by atoms with Gasteiger partial charge in [0.15, 0.2) is 9.84 Å². The van der Waals surface area contributed by atoms with Gasteiger partial charge in [-0.3, -0.25) is 14.8 Å². The second kappa shape index (κ2) is 9.50. The second-order valence-corrected chi connectivity index (χ2v) is 9.78. The highest BCUT2D eigenvalue weighted by Crippen LogP contribution is 2.29. The molecule has 0 unspecified atom stereocenters. The smallest absolute Gasteiger partial charge is 0.255 e. The Balaban J connectivity index is 1.44. The number of hydrogen-bond donors (Lipinski definition) is 1. The zero-order valence-electron chi connectivity index (χ0n) is 17.1. The third kappa shape index (κ3) is 5.15. The van der Waals surface area contributed by atoms with E-state index in [0.29, 0.717) is 40.6 Å². The van der Waals surface area contributed by atoms with Crippen molar-refractivity contribution in [1.29, 1.82) is 0 Å². The Morgan fingerprint density at radius 3 is 2.59 bits per heavy atom. The predicted molar refractivity (Wildman–Crippen MR) is 126 cm³/mol. The van der Waals surface area contributed by atoms with Gasteiger partial charge in [0, 0.05) is 36.1 Å². The van der Waals surface area contributed by atoms with Gasteiger partial charge < -0.3 is 10.2 Å². The minimum absolute atomic E-state index is 0.00830. The SMILES string of the molecule is O=C(Nc1ccc(Cl)c(-c2ccccn2)c1)c1ccc(S(=O)(=O)CCN2C=NCC2)cc1. The van der Waals surface area contributed by atoms with E-state index in [0.717, 1.165) is 6.54 Å². The van der Waals surface area contributed by atoms with Crippen LogP contribution < -0.4 is 5.32 Å². The maximum absolute atomic E-state index is 12.7. The Hall–Kier alpha value is -3.23. The summed E-state index contributed by atoms with van der Waals surface area (Å²) in [6.45, 7) is 1.82. The fraction of sp³-hybridized carbons (Fsp3) is 0.174. The molecule has 4 rings (SSSR count). The molecule has 1 aliphatic rings. The zero-order valence-corrected chi connectivity index (χ0v) is 18.7. The van der Waals surface area contributed by atoms with Gasteiger partial charge in [-0.05, 0) is 54.6 Å². The predicted octanol–water partition coefficient (Wildman–Crippen LogP) is 3.77. The summed E-state index contributed by atoms with van der Waals surface area (Å²) in [7, 11) is -3.45. The molecule has 0 saturated carbocycles. The van der Waals surface area contributed by atoms with Crippen LogP contribution in [-0.4, -0.2) is 55.9 Å². The van der Waals surface area contributed by atoms with Crippen molar-refractivity contribution in [3.63, 3.8) is 0 Å². The molecule has 1 N–H and O–H groups in total. The fourth-order valence-corrected chi connectivity index (χ4v) is 4.76. The minimum atomic E-state index is -3.45. The van der Waals surface area contributed by atoms with Crippen molar-refractivity contribution in [2.45, 2.75) is 4.90 Å². The fourth-order valence-electron chi connectivity index (χ4n) is 3.28. The summed E-state index contributed by atoms with van der Waals surface area (Å²) in [5.41, 5.74) is 2.31. The number of nitrogens with one attached hydrogen (secondary N) is 1. The summed E-state index contributed by atoms with van der Waals surface area (Å²) in [5, 5.41) is 3.34. The van der Waals surface area contributed by atoms with Crippen LogP contribution in [0, 0.1) is 0 Å². The highest BCUT2D eigenvalue weighted by Gasteiger charge is 2.18. The van der Waals surface area contributed by atoms with Gasteiger partial charge in [-0.1, -0.05) is 17.7 Å². The van der Waals surface area contributed by atoms with Crippen molar-refractivity contribution in [2.24, 2.45) is 4.99 Å². The molecule has 2 heterocycles. The molecule has 2 aromatic carbocycles. The maximum Gasteiger partial charge on any atom is 0.255 e. The Bertz CT molecular complexity index is 1250. The third-order valence-electron chi connectivity index (χ3n) is 5.05. The molecule has 164 valence electrons. The molecule has 0 radical (unpaired) electrons. The topological polar surface area (TPSA) is 91.7 Å². The molecule has 3 aromatic rings. The Morgan fingerprint density at radius 2 is 1.91 bits per heavy atom. The minimum Gasteiger partial charge on any atom is -0.360 e. The number of carbonyl (C=O) groups excluding carboxylic acids is 1. The molecule has 32 heavy (non-hydrogen) atoms. The van der Waals surface area contributed by atoms with E-state index >= 15 is 0 Å². The number of anilines is 1. The lowest BCUT2D eigenvalue weighted by molar-refractivity contribution is 0.102. The molecule has 9 heteroatoms. The van der Waals surface area contributed by atoms with E-state index in [1.807, 2.05) is 23.1 Å². The summed E-state index contributed by atoms with van der Waals surface area (Å²) in [5.74, 6) is -0.359. The van der Waals surface area contributed by atoms with Crippen LogP contribution in [0.2, 0.25) is 5.02 Å². The molecule has 1 aromatic heterocycles. The molecule has 7 nitrogen and oxygen atoms in total. The molecule has 1 amide bonds. The van der Waals surface area contributed by atoms with Gasteiger partial charge >= 0.3 is 0 Å². The molecule has 0 atom stereocenters. The number of aliphatic imine (C=N–C) groups is 1. The van der Waals surface area contributed by atoms with Gasteiger partial charge in [0.2, 0.25) is 0 Å². The Labute approximate surface area is 191 Å². The lowest BCUT2D eigenvalue weighted by Gasteiger charge is -2.13. The van der Waals surface area contributed by atoms with E-state index in [9.17, 15) is 13.2 Å². The van der Waals surface area contributed by atoms with Crippen molar-refractivity contribution in [3.05, 3.63) is 77.4 Å². The Morgan fingerprint density at radius 1 is 1.09 bits per heavy atom. The summed E-state index contributed by atoms with van der Waals surface area (Å²) in [6.07, 6.45) is 3.35. The summed E-state index contributed by atoms with van der Waals surface area (Å²) < 4.78 is 25.2. The van der Waals surface area contributed by atoms with Crippen LogP contribution in [0.5, 0.6) is 0 Å². The van der Waals surface area contributed by atoms with Crippen molar-refractivity contribution in [3.8, 4) is 11.3 Å². The van der Waals surface area contributed by atoms with E-state index in [1.165, 1.54) is 24.3 Å². The van der Waals surface area contributed by atoms with Crippen LogP contribution in [0.4, 0.5) is 5.69 Å². The first kappa shape index (κ1) is 22.0. The number of halogens is 1. The normalized spacial score (nSPS) is 13.3. The number of aromatic nitrogens is 1. The van der Waals surface area contributed by atoms with Gasteiger partial charge in [0.1, 0.15) is 0 Å². The first-order valence-corrected chi connectivity index (χ1v) is 12.0. The summed E-state index contributed by atoms with van der Waals surface area (Å²) >= 11 is 6.29. The van der Waals surface area contributed by atoms with Gasteiger partial charge in [-0.15, -0.1) is 0 Å². The van der Waals surface area contributed by atoms with Crippen LogP contribution in [0.3, 0.4) is 0 Å². The Kier molecular flexibility index (Phi) is 6.53. The molecular formula is C23H21ClN4O3S. The molecule has 1 aliphatic heterocycles. The average molecular weight is 469 g/mol. The zero-order chi connectivity index (χ0) is 22.6. The first-order valence-electron chi connectivity index (χ1n) is 10.0. The van der Waals surface area contributed by atoms with Crippen LogP contribution in [0.25, 0.3) is 11.3 Å². The number of sulfone groups is 1. The summed E-state index contributed by atoms with van der Waals surface area (Å²) in [4.78, 5) is 23.1. The highest BCUT2D eigenvalue weighted by atomic mass is 35.5. The van der Waals surface area contributed by atoms with Crippen LogP contribution in [0.15, 0.2) is 76.7 Å². The number of pyridine rings is 1. The van der Waals surface area contributed by atoms with Crippen LogP contribution >= 0.6 is 11.6 Å². The van der Waals surface area contributed by atoms with Crippen molar-refractivity contribution >= 4 is 39.4 Å². The summed E-state index contributed by atoms with van der Waals surface area (Å²) in [6, 6.07) is 16.6. The van der Waals surface area contributed by atoms with E-state index < -0.39 is 9.84 Å². The molecular weight excluding hydrogens is 448 g/mol. The third-order valence-corrected chi connectivity index (χ3v) is 7.09. The molecule has 0 saturated heterocycles. The van der Waals surface area contributed by atoms with E-state index in [4.69, 9.17) is 11.6 Å². The molecule has 0 bridgehead atoms. The highest BCUT2D eigenvalue weighted by molar-refractivity contribution is 7.91. The monoisotopic (exact) mass is 468 g/mol. The number of benzene rings is 2. The van der Waals surface area contributed by atoms with Crippen LogP contribution in [0.1, 0.15) is 10.4 Å². The maximum atomic E-state index is 12.7. The number of nitrogens with zero attached hydrogens (tertiary/aromatic N) is 3. The standard InChI is InChI=1S/C23H21ClN4O3S/c24-21-9-6-18(15-20(21)22-3-1-2-10-26-22)27-23(29)17-4-7-19(8-5-17)32(30,31)14-13-28-12-11-25-16-28/h1-10,15-16H,11-14H2,(H,27,29). The van der Waals surface area contributed by atoms with Crippen molar-refractivity contribution in [1.82, 2.24) is 9.88 Å². The average Bonchev–Trinajstić information content (AvgIpc) is 3.34. The van der Waals surface area contributed by atoms with Gasteiger partial charge in [-0.2, -0.15) is 0 Å². The quantitative estimate of drug-likeness (QED) is 0.569. The first-order chi connectivity index (χ1) is 15.4. The lowest BCUT2D eigenvalue weighted by atomic mass is 10.1. The van der Waals surface area contributed by atoms with E-state index in [-0.39, 0.29) is 16.6 Å². The van der Waals surface area contributed by atoms with Gasteiger partial charge in [-0.25, -0.2) is 8.42 Å². The van der Waals surface area contributed by atoms with Gasteiger partial charge in [0.25, 0.3) is 5.91 Å². The van der Waals surface area contributed by atoms with Crippen LogP contribution in [-0.2, 0) is 9.84 Å². The lowest BCUT2D eigenvalue weighted by Crippen LogP contribution is -2.26. The van der Waals surface area contributed by atoms with Crippen molar-refractivity contribution < 1.29 is 13.2 Å². The largest absolute Gasteiger partial charge is 0.360 e. The number of amides is 1.